The van der Waals surface area contributed by atoms with Crippen molar-refractivity contribution in [1.82, 2.24) is 14.9 Å². The first kappa shape index (κ1) is 15.3. The van der Waals surface area contributed by atoms with E-state index in [2.05, 4.69) is 52.4 Å². The van der Waals surface area contributed by atoms with Gasteiger partial charge >= 0.3 is 0 Å². The summed E-state index contributed by atoms with van der Waals surface area (Å²) in [4.78, 5) is 22.3. The Morgan fingerprint density at radius 3 is 2.81 bits per heavy atom. The number of benzene rings is 2. The Hall–Kier alpha value is -2.92. The van der Waals surface area contributed by atoms with E-state index in [4.69, 9.17) is 0 Å². The number of aromatic nitrogens is 2. The van der Waals surface area contributed by atoms with Crippen molar-refractivity contribution >= 4 is 28.1 Å². The summed E-state index contributed by atoms with van der Waals surface area (Å²) in [5, 5.41) is 3.62. The van der Waals surface area contributed by atoms with Gasteiger partial charge in [-0.2, -0.15) is 0 Å². The summed E-state index contributed by atoms with van der Waals surface area (Å²) in [6.45, 7) is 1.36. The van der Waals surface area contributed by atoms with E-state index >= 15 is 0 Å². The highest BCUT2D eigenvalue weighted by Gasteiger charge is 2.26. The zero-order chi connectivity index (χ0) is 17.5. The summed E-state index contributed by atoms with van der Waals surface area (Å²) >= 11 is 1.40. The van der Waals surface area contributed by atoms with Crippen molar-refractivity contribution in [2.45, 2.75) is 13.0 Å². The van der Waals surface area contributed by atoms with Crippen molar-refractivity contribution in [3.8, 4) is 11.1 Å². The van der Waals surface area contributed by atoms with E-state index in [9.17, 15) is 4.79 Å². The maximum Gasteiger partial charge on any atom is 0.283 e. The lowest BCUT2D eigenvalue weighted by atomic mass is 10.00. The molecule has 26 heavy (non-hydrogen) atoms. The highest BCUT2D eigenvalue weighted by molar-refractivity contribution is 7.11. The van der Waals surface area contributed by atoms with Crippen molar-refractivity contribution in [3.63, 3.8) is 0 Å². The molecule has 0 spiro atoms. The average Bonchev–Trinajstić information content (AvgIpc) is 3.35. The Kier molecular flexibility index (Phi) is 3.60. The molecule has 0 atom stereocenters. The van der Waals surface area contributed by atoms with E-state index in [1.165, 1.54) is 39.1 Å². The Bertz CT molecular complexity index is 1080. The second-order valence-electron chi connectivity index (χ2n) is 6.52. The van der Waals surface area contributed by atoms with Gasteiger partial charge in [0, 0.05) is 53.2 Å². The molecule has 0 unspecified atom stereocenters. The third kappa shape index (κ3) is 2.52. The molecule has 0 aliphatic carbocycles. The number of nitrogens with one attached hydrogen (secondary N) is 1. The van der Waals surface area contributed by atoms with Crippen LogP contribution in [0.2, 0.25) is 0 Å². The first-order valence-electron chi connectivity index (χ1n) is 8.67. The molecule has 0 saturated heterocycles. The van der Waals surface area contributed by atoms with Crippen LogP contribution in [-0.4, -0.2) is 27.3 Å². The van der Waals surface area contributed by atoms with E-state index in [1.807, 2.05) is 16.3 Å². The number of carbonyl (C=O) groups excluding carboxylic acids is 1. The molecule has 1 N–H and O–H groups in total. The van der Waals surface area contributed by atoms with Crippen molar-refractivity contribution in [3.05, 3.63) is 76.4 Å². The van der Waals surface area contributed by atoms with Crippen molar-refractivity contribution < 1.29 is 4.79 Å². The van der Waals surface area contributed by atoms with Gasteiger partial charge in [0.1, 0.15) is 0 Å². The number of hydrogen-bond acceptors (Lipinski definition) is 3. The van der Waals surface area contributed by atoms with Crippen LogP contribution in [0, 0.1) is 0 Å². The molecule has 0 fully saturated rings. The Balaban J connectivity index is 1.54. The largest absolute Gasteiger partial charge is 0.358 e. The Labute approximate surface area is 155 Å². The molecule has 1 aliphatic rings. The molecular weight excluding hydrogens is 342 g/mol. The Morgan fingerprint density at radius 2 is 2.00 bits per heavy atom. The molecule has 3 heterocycles. The average molecular weight is 359 g/mol. The molecule has 4 aromatic rings. The SMILES string of the molecule is O=C(c1nccs1)N1CCc2[nH]c3ccc(-c4ccccc4)cc3c2C1. The minimum absolute atomic E-state index is 0.0270. The van der Waals surface area contributed by atoms with Crippen LogP contribution in [0.1, 0.15) is 21.1 Å². The summed E-state index contributed by atoms with van der Waals surface area (Å²) in [5.74, 6) is 0.0270. The van der Waals surface area contributed by atoms with Gasteiger partial charge in [-0.1, -0.05) is 36.4 Å². The van der Waals surface area contributed by atoms with Crippen LogP contribution in [0.3, 0.4) is 0 Å². The number of rotatable bonds is 2. The zero-order valence-corrected chi connectivity index (χ0v) is 14.9. The number of nitrogens with zero attached hydrogens (tertiary/aromatic N) is 2. The molecule has 1 aliphatic heterocycles. The number of thiazole rings is 1. The highest BCUT2D eigenvalue weighted by Crippen LogP contribution is 2.32. The van der Waals surface area contributed by atoms with Crippen molar-refractivity contribution in [1.29, 1.82) is 0 Å². The maximum absolute atomic E-state index is 12.7. The van der Waals surface area contributed by atoms with Crippen LogP contribution in [0.5, 0.6) is 0 Å². The van der Waals surface area contributed by atoms with Gasteiger partial charge in [0.25, 0.3) is 5.91 Å². The minimum Gasteiger partial charge on any atom is -0.358 e. The fourth-order valence-corrected chi connectivity index (χ4v) is 4.26. The maximum atomic E-state index is 12.7. The van der Waals surface area contributed by atoms with E-state index < -0.39 is 0 Å². The second kappa shape index (κ2) is 6.11. The fourth-order valence-electron chi connectivity index (χ4n) is 3.66. The van der Waals surface area contributed by atoms with Gasteiger partial charge in [0.2, 0.25) is 0 Å². The topological polar surface area (TPSA) is 49.0 Å². The molecular formula is C21H17N3OS. The minimum atomic E-state index is 0.0270. The molecule has 5 heteroatoms. The monoisotopic (exact) mass is 359 g/mol. The molecule has 1 amide bonds. The molecule has 2 aromatic carbocycles. The van der Waals surface area contributed by atoms with Crippen LogP contribution in [0.4, 0.5) is 0 Å². The first-order valence-corrected chi connectivity index (χ1v) is 9.55. The molecule has 0 bridgehead atoms. The first-order chi connectivity index (χ1) is 12.8. The van der Waals surface area contributed by atoms with E-state index in [0.29, 0.717) is 11.6 Å². The lowest BCUT2D eigenvalue weighted by molar-refractivity contribution is 0.0734. The van der Waals surface area contributed by atoms with Gasteiger partial charge in [-0.25, -0.2) is 4.98 Å². The summed E-state index contributed by atoms with van der Waals surface area (Å²) < 4.78 is 0. The van der Waals surface area contributed by atoms with Crippen LogP contribution < -0.4 is 0 Å². The van der Waals surface area contributed by atoms with Crippen molar-refractivity contribution in [2.75, 3.05) is 6.54 Å². The Morgan fingerprint density at radius 1 is 1.12 bits per heavy atom. The predicted octanol–water partition coefficient (Wildman–Crippen LogP) is 4.49. The van der Waals surface area contributed by atoms with E-state index in [-0.39, 0.29) is 5.91 Å². The van der Waals surface area contributed by atoms with Crippen LogP contribution >= 0.6 is 11.3 Å². The summed E-state index contributed by atoms with van der Waals surface area (Å²) in [6.07, 6.45) is 2.53. The third-order valence-corrected chi connectivity index (χ3v) is 5.75. The smallest absolute Gasteiger partial charge is 0.283 e. The lowest BCUT2D eigenvalue weighted by Crippen LogP contribution is -2.35. The number of H-pyrrole nitrogens is 1. The normalized spacial score (nSPS) is 13.8. The lowest BCUT2D eigenvalue weighted by Gasteiger charge is -2.26. The number of hydrogen-bond donors (Lipinski definition) is 1. The van der Waals surface area contributed by atoms with E-state index in [0.717, 1.165) is 18.5 Å². The molecule has 5 rings (SSSR count). The second-order valence-corrected chi connectivity index (χ2v) is 7.42. The molecule has 2 aromatic heterocycles. The van der Waals surface area contributed by atoms with Gasteiger partial charge in [-0.3, -0.25) is 4.79 Å². The summed E-state index contributed by atoms with van der Waals surface area (Å²) in [7, 11) is 0. The molecule has 0 radical (unpaired) electrons. The fraction of sp³-hybridized carbons (Fsp3) is 0.143. The van der Waals surface area contributed by atoms with Gasteiger partial charge in [0.15, 0.2) is 5.01 Å². The highest BCUT2D eigenvalue weighted by atomic mass is 32.1. The van der Waals surface area contributed by atoms with Gasteiger partial charge in [-0.15, -0.1) is 11.3 Å². The number of amides is 1. The van der Waals surface area contributed by atoms with Crippen LogP contribution in [0.15, 0.2) is 60.1 Å². The van der Waals surface area contributed by atoms with Crippen LogP contribution in [0.25, 0.3) is 22.0 Å². The van der Waals surface area contributed by atoms with Gasteiger partial charge < -0.3 is 9.88 Å². The molecule has 128 valence electrons. The third-order valence-electron chi connectivity index (χ3n) is 4.98. The molecule has 4 nitrogen and oxygen atoms in total. The molecule has 0 saturated carbocycles. The predicted molar refractivity (Wildman–Crippen MR) is 104 cm³/mol. The quantitative estimate of drug-likeness (QED) is 0.573. The van der Waals surface area contributed by atoms with Gasteiger partial charge in [0.05, 0.1) is 0 Å². The van der Waals surface area contributed by atoms with Crippen LogP contribution in [-0.2, 0) is 13.0 Å². The summed E-state index contributed by atoms with van der Waals surface area (Å²) in [6, 6.07) is 16.9. The van der Waals surface area contributed by atoms with Crippen molar-refractivity contribution in [2.24, 2.45) is 0 Å². The van der Waals surface area contributed by atoms with Gasteiger partial charge in [-0.05, 0) is 23.3 Å². The number of carbonyl (C=O) groups is 1. The zero-order valence-electron chi connectivity index (χ0n) is 14.1. The standard InChI is InChI=1S/C21H17N3OS/c25-21(20-22-9-11-26-20)24-10-8-19-17(13-24)16-12-15(6-7-18(16)23-19)14-4-2-1-3-5-14/h1-7,9,11-12,23H,8,10,13H2. The van der Waals surface area contributed by atoms with E-state index in [1.54, 1.807) is 6.20 Å². The number of aromatic amines is 1. The number of fused-ring (bicyclic) bond motifs is 3. The summed E-state index contributed by atoms with van der Waals surface area (Å²) in [5.41, 5.74) is 6.01.